The number of pyridine rings is 1. The Morgan fingerprint density at radius 1 is 1.11 bits per heavy atom. The Balaban J connectivity index is 2.34. The first kappa shape index (κ1) is 13.7. The van der Waals surface area contributed by atoms with Crippen molar-refractivity contribution < 1.29 is 13.0 Å². The van der Waals surface area contributed by atoms with Gasteiger partial charge in [0, 0.05) is 11.9 Å². The van der Waals surface area contributed by atoms with Crippen LogP contribution in [0.2, 0.25) is 0 Å². The average Bonchev–Trinajstić information content (AvgIpc) is 2.39. The molecule has 1 N–H and O–H groups in total. The molecule has 1 aromatic heterocycles. The third-order valence-corrected chi connectivity index (χ3v) is 3.68. The molecule has 0 unspecified atom stereocenters. The van der Waals surface area contributed by atoms with Crippen molar-refractivity contribution in [2.24, 2.45) is 0 Å². The maximum absolute atomic E-state index is 11.0. The lowest BCUT2D eigenvalue weighted by atomic mass is 10.1. The summed E-state index contributed by atoms with van der Waals surface area (Å²) < 4.78 is 30.9. The van der Waals surface area contributed by atoms with Gasteiger partial charge >= 0.3 is 0 Å². The average molecular weight is 277 g/mol. The standard InChI is InChI=1S/C14H15NO3S/c1-2-3-13-10-12(8-9-15-13)11-4-6-14(7-5-11)19(16,17)18/h4-10H,2-3H2,1H3,(H,16,17,18). The fourth-order valence-electron chi connectivity index (χ4n) is 1.87. The van der Waals surface area contributed by atoms with Gasteiger partial charge in [0.15, 0.2) is 0 Å². The van der Waals surface area contributed by atoms with E-state index in [4.69, 9.17) is 4.55 Å². The van der Waals surface area contributed by atoms with Crippen LogP contribution < -0.4 is 0 Å². The fourth-order valence-corrected chi connectivity index (χ4v) is 2.35. The van der Waals surface area contributed by atoms with Crippen LogP contribution in [0.1, 0.15) is 19.0 Å². The van der Waals surface area contributed by atoms with E-state index >= 15 is 0 Å². The molecule has 0 spiro atoms. The van der Waals surface area contributed by atoms with Gasteiger partial charge in [-0.05, 0) is 41.8 Å². The highest BCUT2D eigenvalue weighted by atomic mass is 32.2. The zero-order valence-electron chi connectivity index (χ0n) is 10.6. The van der Waals surface area contributed by atoms with Gasteiger partial charge in [0.05, 0.1) is 4.90 Å². The number of rotatable bonds is 4. The number of hydrogen-bond donors (Lipinski definition) is 1. The summed E-state index contributed by atoms with van der Waals surface area (Å²) in [6.45, 7) is 2.09. The third-order valence-electron chi connectivity index (χ3n) is 2.81. The maximum Gasteiger partial charge on any atom is 0.294 e. The molecule has 0 aliphatic carbocycles. The second-order valence-electron chi connectivity index (χ2n) is 4.29. The van der Waals surface area contributed by atoms with Gasteiger partial charge < -0.3 is 0 Å². The molecule has 0 radical (unpaired) electrons. The highest BCUT2D eigenvalue weighted by molar-refractivity contribution is 7.85. The summed E-state index contributed by atoms with van der Waals surface area (Å²) in [6.07, 6.45) is 3.69. The van der Waals surface area contributed by atoms with Crippen molar-refractivity contribution in [3.05, 3.63) is 48.3 Å². The van der Waals surface area contributed by atoms with Crippen molar-refractivity contribution >= 4 is 10.1 Å². The summed E-state index contributed by atoms with van der Waals surface area (Å²) >= 11 is 0. The van der Waals surface area contributed by atoms with Gasteiger partial charge in [-0.15, -0.1) is 0 Å². The van der Waals surface area contributed by atoms with Crippen molar-refractivity contribution in [3.8, 4) is 11.1 Å². The van der Waals surface area contributed by atoms with Crippen molar-refractivity contribution in [1.29, 1.82) is 0 Å². The van der Waals surface area contributed by atoms with Crippen LogP contribution in [0.3, 0.4) is 0 Å². The Bertz CT molecular complexity index is 663. The lowest BCUT2D eigenvalue weighted by molar-refractivity contribution is 0.483. The van der Waals surface area contributed by atoms with Crippen molar-refractivity contribution in [2.45, 2.75) is 24.7 Å². The highest BCUT2D eigenvalue weighted by Gasteiger charge is 2.09. The Morgan fingerprint density at radius 2 is 1.79 bits per heavy atom. The Kier molecular flexibility index (Phi) is 3.97. The molecule has 0 fully saturated rings. The zero-order chi connectivity index (χ0) is 13.9. The first-order valence-electron chi connectivity index (χ1n) is 6.03. The molecule has 2 aromatic rings. The Morgan fingerprint density at radius 3 is 2.37 bits per heavy atom. The van der Waals surface area contributed by atoms with Crippen LogP contribution in [0.5, 0.6) is 0 Å². The van der Waals surface area contributed by atoms with Gasteiger partial charge in [0.25, 0.3) is 10.1 Å². The van der Waals surface area contributed by atoms with Gasteiger partial charge in [-0.2, -0.15) is 8.42 Å². The maximum atomic E-state index is 11.0. The molecule has 0 saturated carbocycles. The minimum Gasteiger partial charge on any atom is -0.282 e. The van der Waals surface area contributed by atoms with E-state index < -0.39 is 10.1 Å². The molecule has 4 nitrogen and oxygen atoms in total. The number of aryl methyl sites for hydroxylation is 1. The summed E-state index contributed by atoms with van der Waals surface area (Å²) in [5.74, 6) is 0. The normalized spacial score (nSPS) is 11.5. The molecule has 0 saturated heterocycles. The monoisotopic (exact) mass is 277 g/mol. The molecule has 1 heterocycles. The van der Waals surface area contributed by atoms with E-state index in [2.05, 4.69) is 11.9 Å². The van der Waals surface area contributed by atoms with Crippen LogP contribution in [-0.2, 0) is 16.5 Å². The fraction of sp³-hybridized carbons (Fsp3) is 0.214. The van der Waals surface area contributed by atoms with Crippen molar-refractivity contribution in [2.75, 3.05) is 0 Å². The molecule has 0 aliphatic heterocycles. The molecule has 0 amide bonds. The van der Waals surface area contributed by atoms with Crippen LogP contribution in [-0.4, -0.2) is 18.0 Å². The van der Waals surface area contributed by atoms with E-state index in [1.54, 1.807) is 18.3 Å². The predicted octanol–water partition coefficient (Wildman–Crippen LogP) is 2.95. The molecule has 0 atom stereocenters. The largest absolute Gasteiger partial charge is 0.294 e. The van der Waals surface area contributed by atoms with Gasteiger partial charge in [-0.25, -0.2) is 0 Å². The molecule has 1 aromatic carbocycles. The quantitative estimate of drug-likeness (QED) is 0.872. The Labute approximate surface area is 112 Å². The molecule has 0 bridgehead atoms. The second kappa shape index (κ2) is 5.50. The first-order valence-corrected chi connectivity index (χ1v) is 7.47. The Hall–Kier alpha value is -1.72. The molecular weight excluding hydrogens is 262 g/mol. The number of hydrogen-bond acceptors (Lipinski definition) is 3. The van der Waals surface area contributed by atoms with E-state index in [9.17, 15) is 8.42 Å². The zero-order valence-corrected chi connectivity index (χ0v) is 11.4. The van der Waals surface area contributed by atoms with Gasteiger partial charge in [-0.3, -0.25) is 9.54 Å². The minimum atomic E-state index is -4.13. The van der Waals surface area contributed by atoms with E-state index in [1.807, 2.05) is 12.1 Å². The molecule has 100 valence electrons. The van der Waals surface area contributed by atoms with Crippen LogP contribution >= 0.6 is 0 Å². The summed E-state index contributed by atoms with van der Waals surface area (Å²) in [5, 5.41) is 0. The van der Waals surface area contributed by atoms with Crippen LogP contribution in [0.15, 0.2) is 47.5 Å². The summed E-state index contributed by atoms with van der Waals surface area (Å²) in [7, 11) is -4.13. The first-order chi connectivity index (χ1) is 9.00. The van der Waals surface area contributed by atoms with Crippen molar-refractivity contribution in [1.82, 2.24) is 4.98 Å². The molecule has 0 aliphatic rings. The molecule has 19 heavy (non-hydrogen) atoms. The van der Waals surface area contributed by atoms with E-state index in [-0.39, 0.29) is 4.90 Å². The summed E-state index contributed by atoms with van der Waals surface area (Å²) in [6, 6.07) is 10.0. The van der Waals surface area contributed by atoms with Crippen LogP contribution in [0, 0.1) is 0 Å². The summed E-state index contributed by atoms with van der Waals surface area (Å²) in [4.78, 5) is 4.18. The van der Waals surface area contributed by atoms with Gasteiger partial charge in [-0.1, -0.05) is 25.5 Å². The highest BCUT2D eigenvalue weighted by Crippen LogP contribution is 2.21. The van der Waals surface area contributed by atoms with Gasteiger partial charge in [0.2, 0.25) is 0 Å². The van der Waals surface area contributed by atoms with E-state index in [0.29, 0.717) is 0 Å². The number of benzene rings is 1. The van der Waals surface area contributed by atoms with Crippen LogP contribution in [0.4, 0.5) is 0 Å². The van der Waals surface area contributed by atoms with E-state index in [0.717, 1.165) is 29.7 Å². The third kappa shape index (κ3) is 3.39. The topological polar surface area (TPSA) is 67.3 Å². The molecule has 5 heteroatoms. The number of aromatic nitrogens is 1. The van der Waals surface area contributed by atoms with E-state index in [1.165, 1.54) is 12.1 Å². The predicted molar refractivity (Wildman–Crippen MR) is 73.5 cm³/mol. The smallest absolute Gasteiger partial charge is 0.282 e. The molecule has 2 rings (SSSR count). The second-order valence-corrected chi connectivity index (χ2v) is 5.71. The van der Waals surface area contributed by atoms with Crippen LogP contribution in [0.25, 0.3) is 11.1 Å². The molecular formula is C14H15NO3S. The number of nitrogens with zero attached hydrogens (tertiary/aromatic N) is 1. The SMILES string of the molecule is CCCc1cc(-c2ccc(S(=O)(=O)O)cc2)ccn1. The van der Waals surface area contributed by atoms with Gasteiger partial charge in [0.1, 0.15) is 0 Å². The van der Waals surface area contributed by atoms with Crippen molar-refractivity contribution in [3.63, 3.8) is 0 Å². The lowest BCUT2D eigenvalue weighted by Crippen LogP contribution is -1.97. The lowest BCUT2D eigenvalue weighted by Gasteiger charge is -2.05. The summed E-state index contributed by atoms with van der Waals surface area (Å²) in [5.41, 5.74) is 2.89. The minimum absolute atomic E-state index is 0.0981.